The number of rotatable bonds is 4. The average Bonchev–Trinajstić information content (AvgIpc) is 3.39. The van der Waals surface area contributed by atoms with Gasteiger partial charge in [0.05, 0.1) is 12.2 Å². The minimum atomic E-state index is -0.707. The van der Waals surface area contributed by atoms with Gasteiger partial charge in [0.25, 0.3) is 0 Å². The van der Waals surface area contributed by atoms with Gasteiger partial charge in [0.15, 0.2) is 11.6 Å². The minimum Gasteiger partial charge on any atom is -0.389 e. The van der Waals surface area contributed by atoms with Crippen LogP contribution < -0.4 is 9.80 Å². The molecule has 4 rings (SSSR count). The summed E-state index contributed by atoms with van der Waals surface area (Å²) >= 11 is 0. The lowest BCUT2D eigenvalue weighted by molar-refractivity contribution is 0.0572. The molecular weight excluding hydrogens is 392 g/mol. The standard InChI is InChI=1S/C12H15NO3.C12H13NO.CH4/c1-8(14)9-3-2-4-10(5-9)13-6-11(15)12(16)7-13;1-10(14)11-5-4-6-12(9-11)13-7-2-3-8-13;/h2-5,11-12,15-16H,6-7H2,1H3;2-6,9H,7-8H2,1H3;1H4. The number of Topliss-reactive ketones (excluding diaryl/α,β-unsaturated/α-hetero) is 2. The van der Waals surface area contributed by atoms with Crippen LogP contribution in [0.5, 0.6) is 0 Å². The number of anilines is 2. The molecular formula is C25H32N2O4. The Balaban J connectivity index is 0.000000215. The number of aliphatic hydroxyl groups is 2. The number of carbonyl (C=O) groups is 2. The van der Waals surface area contributed by atoms with Crippen LogP contribution in [0.2, 0.25) is 0 Å². The fraction of sp³-hybridized carbons (Fsp3) is 0.360. The smallest absolute Gasteiger partial charge is 0.159 e. The number of benzene rings is 2. The van der Waals surface area contributed by atoms with Crippen molar-refractivity contribution in [3.05, 3.63) is 71.8 Å². The maximum atomic E-state index is 11.2. The van der Waals surface area contributed by atoms with Gasteiger partial charge in [0, 0.05) is 48.7 Å². The number of aliphatic hydroxyl groups excluding tert-OH is 2. The fourth-order valence-electron chi connectivity index (χ4n) is 3.51. The van der Waals surface area contributed by atoms with Crippen LogP contribution in [-0.4, -0.2) is 60.2 Å². The van der Waals surface area contributed by atoms with Crippen molar-refractivity contribution < 1.29 is 19.8 Å². The number of carbonyl (C=O) groups excluding carboxylic acids is 2. The Kier molecular flexibility index (Phi) is 8.54. The molecule has 0 aliphatic carbocycles. The third-order valence-corrected chi connectivity index (χ3v) is 5.31. The molecule has 0 amide bonds. The third kappa shape index (κ3) is 6.26. The van der Waals surface area contributed by atoms with Crippen molar-refractivity contribution in [2.24, 2.45) is 0 Å². The first-order valence-corrected chi connectivity index (χ1v) is 10.1. The number of hydrogen-bond donors (Lipinski definition) is 2. The van der Waals surface area contributed by atoms with Crippen LogP contribution in [0.1, 0.15) is 42.0 Å². The van der Waals surface area contributed by atoms with E-state index >= 15 is 0 Å². The maximum absolute atomic E-state index is 11.2. The molecule has 2 unspecified atom stereocenters. The molecule has 0 aromatic heterocycles. The highest BCUT2D eigenvalue weighted by Crippen LogP contribution is 2.22. The van der Waals surface area contributed by atoms with Gasteiger partial charge < -0.3 is 20.0 Å². The second kappa shape index (κ2) is 10.9. The van der Waals surface area contributed by atoms with Gasteiger partial charge in [-0.1, -0.05) is 43.8 Å². The predicted molar refractivity (Wildman–Crippen MR) is 125 cm³/mol. The van der Waals surface area contributed by atoms with Gasteiger partial charge in [-0.25, -0.2) is 0 Å². The van der Waals surface area contributed by atoms with E-state index in [1.54, 1.807) is 19.1 Å². The normalized spacial score (nSPS) is 19.5. The molecule has 2 N–H and O–H groups in total. The van der Waals surface area contributed by atoms with Gasteiger partial charge in [0.1, 0.15) is 0 Å². The van der Waals surface area contributed by atoms with Crippen molar-refractivity contribution in [2.75, 3.05) is 36.0 Å². The molecule has 2 aliphatic heterocycles. The Morgan fingerprint density at radius 3 is 1.61 bits per heavy atom. The van der Waals surface area contributed by atoms with E-state index in [9.17, 15) is 19.8 Å². The average molecular weight is 425 g/mol. The van der Waals surface area contributed by atoms with Crippen LogP contribution in [-0.2, 0) is 0 Å². The second-order valence-electron chi connectivity index (χ2n) is 7.63. The molecule has 0 bridgehead atoms. The Morgan fingerprint density at radius 2 is 1.19 bits per heavy atom. The van der Waals surface area contributed by atoms with Crippen LogP contribution in [0.25, 0.3) is 0 Å². The lowest BCUT2D eigenvalue weighted by atomic mass is 10.1. The van der Waals surface area contributed by atoms with Gasteiger partial charge in [-0.15, -0.1) is 0 Å². The van der Waals surface area contributed by atoms with Gasteiger partial charge in [0.2, 0.25) is 0 Å². The summed E-state index contributed by atoms with van der Waals surface area (Å²) in [5.74, 6) is 0.140. The molecule has 6 nitrogen and oxygen atoms in total. The number of nitrogens with zero attached hydrogens (tertiary/aromatic N) is 2. The number of hydrogen-bond acceptors (Lipinski definition) is 6. The fourth-order valence-corrected chi connectivity index (χ4v) is 3.51. The van der Waals surface area contributed by atoms with Crippen molar-refractivity contribution in [1.29, 1.82) is 0 Å². The van der Waals surface area contributed by atoms with E-state index in [1.807, 2.05) is 41.3 Å². The van der Waals surface area contributed by atoms with E-state index in [4.69, 9.17) is 0 Å². The summed E-state index contributed by atoms with van der Waals surface area (Å²) in [4.78, 5) is 26.5. The first-order valence-electron chi connectivity index (χ1n) is 10.1. The summed E-state index contributed by atoms with van der Waals surface area (Å²) in [6.45, 7) is 5.82. The largest absolute Gasteiger partial charge is 0.389 e. The molecule has 0 radical (unpaired) electrons. The highest BCUT2D eigenvalue weighted by molar-refractivity contribution is 5.95. The van der Waals surface area contributed by atoms with Gasteiger partial charge in [-0.05, 0) is 38.1 Å². The molecule has 6 heteroatoms. The first kappa shape index (κ1) is 24.3. The zero-order valence-corrected chi connectivity index (χ0v) is 17.4. The van der Waals surface area contributed by atoms with Crippen LogP contribution in [0, 0.1) is 0 Å². The molecule has 2 heterocycles. The van der Waals surface area contributed by atoms with Crippen molar-refractivity contribution in [1.82, 2.24) is 0 Å². The lowest BCUT2D eigenvalue weighted by Crippen LogP contribution is -2.22. The van der Waals surface area contributed by atoms with Crippen LogP contribution in [0.15, 0.2) is 60.7 Å². The summed E-state index contributed by atoms with van der Waals surface area (Å²) in [5.41, 5.74) is 3.42. The highest BCUT2D eigenvalue weighted by atomic mass is 16.3. The van der Waals surface area contributed by atoms with Crippen molar-refractivity contribution in [3.63, 3.8) is 0 Å². The Morgan fingerprint density at radius 1 is 0.774 bits per heavy atom. The molecule has 2 aromatic carbocycles. The van der Waals surface area contributed by atoms with Crippen LogP contribution in [0.3, 0.4) is 0 Å². The summed E-state index contributed by atoms with van der Waals surface area (Å²) in [7, 11) is 0. The van der Waals surface area contributed by atoms with Crippen molar-refractivity contribution in [2.45, 2.75) is 33.5 Å². The van der Waals surface area contributed by atoms with E-state index in [0.29, 0.717) is 18.7 Å². The van der Waals surface area contributed by atoms with Crippen LogP contribution in [0.4, 0.5) is 11.4 Å². The lowest BCUT2D eigenvalue weighted by Gasteiger charge is -2.18. The van der Waals surface area contributed by atoms with Gasteiger partial charge >= 0.3 is 0 Å². The summed E-state index contributed by atoms with van der Waals surface area (Å²) < 4.78 is 0. The molecule has 0 saturated carbocycles. The molecule has 1 saturated heterocycles. The second-order valence-corrected chi connectivity index (χ2v) is 7.63. The maximum Gasteiger partial charge on any atom is 0.159 e. The molecule has 0 spiro atoms. The molecule has 166 valence electrons. The molecule has 2 aromatic rings. The van der Waals surface area contributed by atoms with Crippen LogP contribution >= 0.6 is 0 Å². The van der Waals surface area contributed by atoms with Gasteiger partial charge in [-0.2, -0.15) is 0 Å². The highest BCUT2D eigenvalue weighted by Gasteiger charge is 2.29. The number of ketones is 2. The van der Waals surface area contributed by atoms with E-state index in [2.05, 4.69) is 17.1 Å². The van der Waals surface area contributed by atoms with Crippen molar-refractivity contribution in [3.8, 4) is 0 Å². The summed E-state index contributed by atoms with van der Waals surface area (Å²) in [5, 5.41) is 18.9. The zero-order chi connectivity index (χ0) is 21.7. The molecule has 2 atom stereocenters. The molecule has 31 heavy (non-hydrogen) atoms. The Labute approximate surface area is 184 Å². The Bertz CT molecular complexity index is 923. The number of β-amino-alcohol motifs (C(OH)–C–C–N with tert-alkyl or cyclic N) is 2. The zero-order valence-electron chi connectivity index (χ0n) is 17.4. The minimum absolute atomic E-state index is 0. The summed E-state index contributed by atoms with van der Waals surface area (Å²) in [6, 6.07) is 15.0. The van der Waals surface area contributed by atoms with E-state index in [1.165, 1.54) is 6.92 Å². The van der Waals surface area contributed by atoms with E-state index in [-0.39, 0.29) is 19.0 Å². The molecule has 1 fully saturated rings. The first-order chi connectivity index (χ1) is 14.3. The Hall–Kier alpha value is -2.96. The van der Waals surface area contributed by atoms with Crippen molar-refractivity contribution >= 4 is 22.9 Å². The van der Waals surface area contributed by atoms with E-state index < -0.39 is 12.2 Å². The quantitative estimate of drug-likeness (QED) is 0.579. The summed E-state index contributed by atoms with van der Waals surface area (Å²) in [6.07, 6.45) is 2.86. The van der Waals surface area contributed by atoms with Gasteiger partial charge in [-0.3, -0.25) is 9.59 Å². The monoisotopic (exact) mass is 424 g/mol. The van der Waals surface area contributed by atoms with E-state index in [0.717, 1.165) is 30.0 Å². The molecule has 2 aliphatic rings. The predicted octanol–water partition coefficient (Wildman–Crippen LogP) is 3.33. The third-order valence-electron chi connectivity index (χ3n) is 5.31. The topological polar surface area (TPSA) is 81.1 Å². The SMILES string of the molecule is C.CC(=O)c1cccc(N2CC(O)C(O)C2)c1.CC(=O)c1cccc(N2CC=CC2)c1.